The summed E-state index contributed by atoms with van der Waals surface area (Å²) in [4.78, 5) is 10.3. The molecule has 0 aliphatic heterocycles. The highest BCUT2D eigenvalue weighted by Gasteiger charge is 2.58. The number of carbonyl (C=O) groups is 1. The van der Waals surface area contributed by atoms with Crippen LogP contribution in [-0.2, 0) is 4.79 Å². The summed E-state index contributed by atoms with van der Waals surface area (Å²) in [5, 5.41) is 16.8. The first-order valence-corrected chi connectivity index (χ1v) is 2.78. The third-order valence-electron chi connectivity index (χ3n) is 1.89. The van der Waals surface area contributed by atoms with E-state index in [1.54, 1.807) is 13.0 Å². The smallest absolute Gasteiger partial charge is 0.324 e. The molecule has 1 N–H and O–H groups in total. The Morgan fingerprint density at radius 1 is 2.00 bits per heavy atom. The number of rotatable bonds is 1. The topological polar surface area (TPSA) is 61.1 Å². The second-order valence-corrected chi connectivity index (χ2v) is 2.49. The average Bonchev–Trinajstić information content (AvgIpc) is 2.43. The van der Waals surface area contributed by atoms with Crippen molar-refractivity contribution < 1.29 is 9.90 Å². The van der Waals surface area contributed by atoms with Crippen molar-refractivity contribution in [3.63, 3.8) is 0 Å². The van der Waals surface area contributed by atoms with Crippen molar-refractivity contribution in [3.05, 3.63) is 0 Å². The van der Waals surface area contributed by atoms with E-state index in [1.807, 2.05) is 0 Å². The molecule has 0 aromatic heterocycles. The van der Waals surface area contributed by atoms with Gasteiger partial charge in [0.05, 0.1) is 6.07 Å². The van der Waals surface area contributed by atoms with Gasteiger partial charge in [-0.25, -0.2) is 0 Å². The normalized spacial score (nSPS) is 39.3. The predicted octanol–water partition coefficient (Wildman–Crippen LogP) is 0.621. The van der Waals surface area contributed by atoms with Gasteiger partial charge in [0, 0.05) is 0 Å². The zero-order valence-electron chi connectivity index (χ0n) is 5.09. The second-order valence-electron chi connectivity index (χ2n) is 2.49. The van der Waals surface area contributed by atoms with Gasteiger partial charge in [-0.2, -0.15) is 5.26 Å². The van der Waals surface area contributed by atoms with Gasteiger partial charge >= 0.3 is 5.97 Å². The maximum Gasteiger partial charge on any atom is 0.324 e. The molecule has 0 radical (unpaired) electrons. The number of carboxylic acids is 1. The Hall–Kier alpha value is -1.04. The van der Waals surface area contributed by atoms with E-state index in [0.717, 1.165) is 0 Å². The number of carboxylic acid groups (broad SMARTS) is 1. The number of nitrogens with zero attached hydrogens (tertiary/aromatic N) is 1. The van der Waals surface area contributed by atoms with Crippen LogP contribution < -0.4 is 0 Å². The van der Waals surface area contributed by atoms with Crippen LogP contribution in [0.3, 0.4) is 0 Å². The molecule has 0 heterocycles. The number of aliphatic carboxylic acids is 1. The van der Waals surface area contributed by atoms with E-state index in [4.69, 9.17) is 10.4 Å². The quantitative estimate of drug-likeness (QED) is 0.558. The molecule has 1 rings (SSSR count). The van der Waals surface area contributed by atoms with Gasteiger partial charge in [-0.3, -0.25) is 4.79 Å². The molecule has 0 aromatic rings. The number of nitriles is 1. The van der Waals surface area contributed by atoms with E-state index in [-0.39, 0.29) is 5.92 Å². The number of hydrogen-bond donors (Lipinski definition) is 1. The highest BCUT2D eigenvalue weighted by atomic mass is 16.4. The maximum absolute atomic E-state index is 10.3. The van der Waals surface area contributed by atoms with Crippen molar-refractivity contribution in [2.45, 2.75) is 13.3 Å². The summed E-state index contributed by atoms with van der Waals surface area (Å²) in [5.74, 6) is -0.933. The predicted molar refractivity (Wildman–Crippen MR) is 29.5 cm³/mol. The third-order valence-corrected chi connectivity index (χ3v) is 1.89. The summed E-state index contributed by atoms with van der Waals surface area (Å²) in [7, 11) is 0. The Labute approximate surface area is 52.9 Å². The van der Waals surface area contributed by atoms with Crippen molar-refractivity contribution in [2.24, 2.45) is 11.3 Å². The molecule has 1 aliphatic rings. The lowest BCUT2D eigenvalue weighted by Gasteiger charge is -1.94. The van der Waals surface area contributed by atoms with Gasteiger partial charge in [0.25, 0.3) is 0 Å². The maximum atomic E-state index is 10.3. The third kappa shape index (κ3) is 0.595. The molecule has 1 aliphatic carbocycles. The Kier molecular flexibility index (Phi) is 0.995. The molecule has 1 fully saturated rings. The molecule has 0 unspecified atom stereocenters. The van der Waals surface area contributed by atoms with Crippen LogP contribution in [0.15, 0.2) is 0 Å². The molecule has 3 nitrogen and oxygen atoms in total. The van der Waals surface area contributed by atoms with Crippen molar-refractivity contribution >= 4 is 5.97 Å². The lowest BCUT2D eigenvalue weighted by Crippen LogP contribution is -2.13. The fourth-order valence-electron chi connectivity index (χ4n) is 0.926. The van der Waals surface area contributed by atoms with Gasteiger partial charge in [-0.15, -0.1) is 0 Å². The lowest BCUT2D eigenvalue weighted by atomic mass is 10.1. The summed E-state index contributed by atoms with van der Waals surface area (Å²) in [6.45, 7) is 1.78. The molecule has 9 heavy (non-hydrogen) atoms. The highest BCUT2D eigenvalue weighted by molar-refractivity contribution is 5.82. The van der Waals surface area contributed by atoms with Crippen molar-refractivity contribution in [2.75, 3.05) is 0 Å². The SMILES string of the molecule is C[C@@H]1C[C@@]1(C#N)C(=O)O. The molecule has 0 bridgehead atoms. The Morgan fingerprint density at radius 3 is 2.44 bits per heavy atom. The van der Waals surface area contributed by atoms with Crippen LogP contribution in [0.5, 0.6) is 0 Å². The van der Waals surface area contributed by atoms with E-state index >= 15 is 0 Å². The van der Waals surface area contributed by atoms with Crippen LogP contribution >= 0.6 is 0 Å². The second kappa shape index (κ2) is 1.47. The van der Waals surface area contributed by atoms with Gasteiger partial charge in [-0.05, 0) is 12.3 Å². The van der Waals surface area contributed by atoms with E-state index in [0.29, 0.717) is 6.42 Å². The fraction of sp³-hybridized carbons (Fsp3) is 0.667. The molecule has 0 spiro atoms. The van der Waals surface area contributed by atoms with Gasteiger partial charge in [0.2, 0.25) is 0 Å². The molecule has 0 saturated heterocycles. The summed E-state index contributed by atoms with van der Waals surface area (Å²) in [6.07, 6.45) is 0.513. The van der Waals surface area contributed by atoms with Gasteiger partial charge in [0.15, 0.2) is 5.41 Å². The summed E-state index contributed by atoms with van der Waals surface area (Å²) in [6, 6.07) is 1.80. The van der Waals surface area contributed by atoms with Gasteiger partial charge in [-0.1, -0.05) is 6.92 Å². The summed E-state index contributed by atoms with van der Waals surface area (Å²) >= 11 is 0. The molecule has 2 atom stereocenters. The minimum Gasteiger partial charge on any atom is -0.480 e. The first kappa shape index (κ1) is 6.09. The zero-order valence-corrected chi connectivity index (χ0v) is 5.09. The summed E-state index contributed by atoms with van der Waals surface area (Å²) in [5.41, 5.74) is -1.03. The molecule has 1 saturated carbocycles. The van der Waals surface area contributed by atoms with Crippen molar-refractivity contribution in [3.8, 4) is 6.07 Å². The molecule has 0 aromatic carbocycles. The molecule has 0 amide bonds. The number of hydrogen-bond acceptors (Lipinski definition) is 2. The van der Waals surface area contributed by atoms with Crippen LogP contribution in [0.4, 0.5) is 0 Å². The van der Waals surface area contributed by atoms with E-state index < -0.39 is 11.4 Å². The monoisotopic (exact) mass is 125 g/mol. The first-order chi connectivity index (χ1) is 4.13. The lowest BCUT2D eigenvalue weighted by molar-refractivity contribution is -0.141. The van der Waals surface area contributed by atoms with Crippen LogP contribution in [-0.4, -0.2) is 11.1 Å². The van der Waals surface area contributed by atoms with Crippen molar-refractivity contribution in [1.82, 2.24) is 0 Å². The van der Waals surface area contributed by atoms with Crippen molar-refractivity contribution in [1.29, 1.82) is 5.26 Å². The van der Waals surface area contributed by atoms with Gasteiger partial charge < -0.3 is 5.11 Å². The Bertz CT molecular complexity index is 194. The molecular formula is C6H7NO2. The molecule has 48 valence electrons. The summed E-state index contributed by atoms with van der Waals surface area (Å²) < 4.78 is 0. The van der Waals surface area contributed by atoms with Crippen LogP contribution in [0.25, 0.3) is 0 Å². The fourth-order valence-corrected chi connectivity index (χ4v) is 0.926. The Balaban J connectivity index is 2.77. The van der Waals surface area contributed by atoms with Crippen LogP contribution in [0.2, 0.25) is 0 Å². The van der Waals surface area contributed by atoms with Gasteiger partial charge in [0.1, 0.15) is 0 Å². The molecule has 3 heteroatoms. The largest absolute Gasteiger partial charge is 0.480 e. The highest BCUT2D eigenvalue weighted by Crippen LogP contribution is 2.51. The average molecular weight is 125 g/mol. The minimum atomic E-state index is -1.03. The van der Waals surface area contributed by atoms with E-state index in [1.165, 1.54) is 0 Å². The van der Waals surface area contributed by atoms with Crippen LogP contribution in [0.1, 0.15) is 13.3 Å². The minimum absolute atomic E-state index is 0.0417. The first-order valence-electron chi connectivity index (χ1n) is 2.78. The molecular weight excluding hydrogens is 118 g/mol. The van der Waals surface area contributed by atoms with E-state index in [9.17, 15) is 4.79 Å². The standard InChI is InChI=1S/C6H7NO2/c1-4-2-6(4,3-7)5(8)9/h4H,2H2,1H3,(H,8,9)/t4-,6+/m1/s1. The van der Waals surface area contributed by atoms with Crippen LogP contribution in [0, 0.1) is 22.7 Å². The van der Waals surface area contributed by atoms with E-state index in [2.05, 4.69) is 0 Å². The zero-order chi connectivity index (χ0) is 7.07. The Morgan fingerprint density at radius 2 is 2.44 bits per heavy atom.